The second-order valence-electron chi connectivity index (χ2n) is 4.64. The zero-order chi connectivity index (χ0) is 12.4. The van der Waals surface area contributed by atoms with Gasteiger partial charge in [-0.15, -0.1) is 0 Å². The lowest BCUT2D eigenvalue weighted by atomic mass is 10.00. The molecule has 0 atom stereocenters. The molecule has 0 spiro atoms. The summed E-state index contributed by atoms with van der Waals surface area (Å²) in [6, 6.07) is 7.71. The number of nitrogens with zero attached hydrogens (tertiary/aromatic N) is 2. The van der Waals surface area contributed by atoms with Gasteiger partial charge in [-0.25, -0.2) is 0 Å². The van der Waals surface area contributed by atoms with Crippen molar-refractivity contribution in [3.8, 4) is 0 Å². The van der Waals surface area contributed by atoms with Crippen molar-refractivity contribution in [1.82, 2.24) is 15.5 Å². The Labute approximate surface area is 110 Å². The highest BCUT2D eigenvalue weighted by atomic mass is 35.5. The predicted molar refractivity (Wildman–Crippen MR) is 68.6 cm³/mol. The van der Waals surface area contributed by atoms with Gasteiger partial charge in [0.25, 0.3) is 0 Å². The van der Waals surface area contributed by atoms with Crippen molar-refractivity contribution in [1.29, 1.82) is 0 Å². The molecular formula is C13H14ClN3O. The van der Waals surface area contributed by atoms with Gasteiger partial charge >= 0.3 is 0 Å². The Kier molecular flexibility index (Phi) is 3.30. The summed E-state index contributed by atoms with van der Waals surface area (Å²) >= 11 is 5.84. The number of rotatable bonds is 4. The third kappa shape index (κ3) is 2.71. The summed E-state index contributed by atoms with van der Waals surface area (Å²) in [6.45, 7) is 2.10. The Balaban J connectivity index is 1.63. The van der Waals surface area contributed by atoms with Gasteiger partial charge in [0.1, 0.15) is 0 Å². The van der Waals surface area contributed by atoms with E-state index >= 15 is 0 Å². The SMILES string of the molecule is Clc1ccc(Cc2noc(CC3CNC3)n2)cc1. The minimum atomic E-state index is 0.647. The summed E-state index contributed by atoms with van der Waals surface area (Å²) in [7, 11) is 0. The fourth-order valence-electron chi connectivity index (χ4n) is 1.97. The van der Waals surface area contributed by atoms with Crippen molar-refractivity contribution >= 4 is 11.6 Å². The van der Waals surface area contributed by atoms with Gasteiger partial charge in [0.05, 0.1) is 0 Å². The highest BCUT2D eigenvalue weighted by Crippen LogP contribution is 2.14. The van der Waals surface area contributed by atoms with Crippen LogP contribution in [0.25, 0.3) is 0 Å². The molecule has 1 aliphatic heterocycles. The summed E-state index contributed by atoms with van der Waals surface area (Å²) in [5.74, 6) is 2.12. The van der Waals surface area contributed by atoms with Crippen molar-refractivity contribution in [3.63, 3.8) is 0 Å². The van der Waals surface area contributed by atoms with E-state index in [1.165, 1.54) is 0 Å². The van der Waals surface area contributed by atoms with Crippen molar-refractivity contribution < 1.29 is 4.52 Å². The van der Waals surface area contributed by atoms with Crippen LogP contribution < -0.4 is 5.32 Å². The molecule has 0 amide bonds. The molecule has 0 bridgehead atoms. The molecule has 1 saturated heterocycles. The van der Waals surface area contributed by atoms with Crippen molar-refractivity contribution in [2.45, 2.75) is 12.8 Å². The second kappa shape index (κ2) is 5.08. The topological polar surface area (TPSA) is 51.0 Å². The highest BCUT2D eigenvalue weighted by Gasteiger charge is 2.20. The number of aromatic nitrogens is 2. The van der Waals surface area contributed by atoms with Crippen LogP contribution in [0, 0.1) is 5.92 Å². The van der Waals surface area contributed by atoms with E-state index in [0.29, 0.717) is 12.3 Å². The molecule has 1 N–H and O–H groups in total. The molecule has 1 aliphatic rings. The monoisotopic (exact) mass is 263 g/mol. The lowest BCUT2D eigenvalue weighted by Crippen LogP contribution is -2.43. The normalized spacial score (nSPS) is 15.6. The molecule has 3 rings (SSSR count). The van der Waals surface area contributed by atoms with Gasteiger partial charge in [0.15, 0.2) is 5.82 Å². The summed E-state index contributed by atoms with van der Waals surface area (Å²) in [5, 5.41) is 7.98. The van der Waals surface area contributed by atoms with Crippen molar-refractivity contribution in [3.05, 3.63) is 46.6 Å². The maximum Gasteiger partial charge on any atom is 0.227 e. The van der Waals surface area contributed by atoms with Gasteiger partial charge in [-0.1, -0.05) is 28.9 Å². The summed E-state index contributed by atoms with van der Waals surface area (Å²) < 4.78 is 5.25. The molecule has 18 heavy (non-hydrogen) atoms. The van der Waals surface area contributed by atoms with Crippen LogP contribution >= 0.6 is 11.6 Å². The average Bonchev–Trinajstić information content (AvgIpc) is 2.75. The molecule has 2 heterocycles. The van der Waals surface area contributed by atoms with E-state index in [1.807, 2.05) is 24.3 Å². The second-order valence-corrected chi connectivity index (χ2v) is 5.07. The van der Waals surface area contributed by atoms with Crippen LogP contribution in [-0.2, 0) is 12.8 Å². The van der Waals surface area contributed by atoms with Gasteiger partial charge in [0, 0.05) is 17.9 Å². The first-order valence-corrected chi connectivity index (χ1v) is 6.44. The van der Waals surface area contributed by atoms with Crippen LogP contribution in [0.3, 0.4) is 0 Å². The molecule has 0 aliphatic carbocycles. The molecule has 1 aromatic carbocycles. The third-order valence-corrected chi connectivity index (χ3v) is 3.37. The Morgan fingerprint density at radius 3 is 2.72 bits per heavy atom. The predicted octanol–water partition coefficient (Wildman–Crippen LogP) is 2.08. The molecule has 1 aromatic heterocycles. The van der Waals surface area contributed by atoms with Gasteiger partial charge in [0.2, 0.25) is 5.89 Å². The Morgan fingerprint density at radius 1 is 1.28 bits per heavy atom. The van der Waals surface area contributed by atoms with Gasteiger partial charge < -0.3 is 9.84 Å². The summed E-state index contributed by atoms with van der Waals surface area (Å²) in [4.78, 5) is 4.41. The van der Waals surface area contributed by atoms with E-state index in [4.69, 9.17) is 16.1 Å². The first-order valence-electron chi connectivity index (χ1n) is 6.06. The molecule has 0 radical (unpaired) electrons. The Hall–Kier alpha value is -1.39. The van der Waals surface area contributed by atoms with E-state index < -0.39 is 0 Å². The van der Waals surface area contributed by atoms with Crippen LogP contribution in [0.15, 0.2) is 28.8 Å². The van der Waals surface area contributed by atoms with Crippen LogP contribution in [0.4, 0.5) is 0 Å². The zero-order valence-electron chi connectivity index (χ0n) is 9.90. The van der Waals surface area contributed by atoms with Gasteiger partial charge in [-0.2, -0.15) is 4.98 Å². The first kappa shape index (κ1) is 11.7. The average molecular weight is 264 g/mol. The largest absolute Gasteiger partial charge is 0.339 e. The zero-order valence-corrected chi connectivity index (χ0v) is 10.7. The molecule has 0 unspecified atom stereocenters. The minimum absolute atomic E-state index is 0.647. The van der Waals surface area contributed by atoms with Gasteiger partial charge in [-0.3, -0.25) is 0 Å². The van der Waals surface area contributed by atoms with E-state index in [1.54, 1.807) is 0 Å². The number of hydrogen-bond acceptors (Lipinski definition) is 4. The van der Waals surface area contributed by atoms with Crippen LogP contribution in [0.5, 0.6) is 0 Å². The number of nitrogens with one attached hydrogen (secondary N) is 1. The van der Waals surface area contributed by atoms with Crippen LogP contribution in [-0.4, -0.2) is 23.2 Å². The quantitative estimate of drug-likeness (QED) is 0.918. The molecule has 94 valence electrons. The standard InChI is InChI=1S/C13H14ClN3O/c14-11-3-1-9(2-4-11)5-12-16-13(18-17-12)6-10-7-15-8-10/h1-4,10,15H,5-8H2. The minimum Gasteiger partial charge on any atom is -0.339 e. The summed E-state index contributed by atoms with van der Waals surface area (Å²) in [5.41, 5.74) is 1.14. The molecule has 1 fully saturated rings. The maximum atomic E-state index is 5.84. The van der Waals surface area contributed by atoms with E-state index in [-0.39, 0.29) is 0 Å². The van der Waals surface area contributed by atoms with Gasteiger partial charge in [-0.05, 0) is 36.7 Å². The van der Waals surface area contributed by atoms with E-state index in [0.717, 1.165) is 41.8 Å². The maximum absolute atomic E-state index is 5.84. The lowest BCUT2D eigenvalue weighted by molar-refractivity contribution is 0.295. The molecule has 2 aromatic rings. The molecule has 4 nitrogen and oxygen atoms in total. The molecule has 5 heteroatoms. The van der Waals surface area contributed by atoms with Crippen molar-refractivity contribution in [2.24, 2.45) is 5.92 Å². The fourth-order valence-corrected chi connectivity index (χ4v) is 2.10. The number of hydrogen-bond donors (Lipinski definition) is 1. The summed E-state index contributed by atoms with van der Waals surface area (Å²) in [6.07, 6.45) is 1.56. The number of benzene rings is 1. The highest BCUT2D eigenvalue weighted by molar-refractivity contribution is 6.30. The van der Waals surface area contributed by atoms with E-state index in [9.17, 15) is 0 Å². The Bertz CT molecular complexity index is 519. The Morgan fingerprint density at radius 2 is 2.06 bits per heavy atom. The molecular weight excluding hydrogens is 250 g/mol. The van der Waals surface area contributed by atoms with Crippen LogP contribution in [0.1, 0.15) is 17.3 Å². The van der Waals surface area contributed by atoms with Crippen LogP contribution in [0.2, 0.25) is 5.02 Å². The number of halogens is 1. The van der Waals surface area contributed by atoms with E-state index in [2.05, 4.69) is 15.5 Å². The lowest BCUT2D eigenvalue weighted by Gasteiger charge is -2.25. The third-order valence-electron chi connectivity index (χ3n) is 3.11. The smallest absolute Gasteiger partial charge is 0.227 e. The van der Waals surface area contributed by atoms with Crippen molar-refractivity contribution in [2.75, 3.05) is 13.1 Å². The first-order chi connectivity index (χ1) is 8.79. The molecule has 0 saturated carbocycles. The fraction of sp³-hybridized carbons (Fsp3) is 0.385.